The van der Waals surface area contributed by atoms with E-state index < -0.39 is 8.80 Å². The molecule has 0 aromatic heterocycles. The van der Waals surface area contributed by atoms with Gasteiger partial charge in [0.25, 0.3) is 0 Å². The minimum Gasteiger partial charge on any atom is -0.487 e. The first-order valence-corrected chi connectivity index (χ1v) is 13.7. The zero-order valence-electron chi connectivity index (χ0n) is 20.7. The molecule has 0 amide bonds. The van der Waals surface area contributed by atoms with Crippen LogP contribution in [0.1, 0.15) is 6.42 Å². The van der Waals surface area contributed by atoms with Crippen molar-refractivity contribution in [2.45, 2.75) is 18.6 Å². The van der Waals surface area contributed by atoms with Crippen molar-refractivity contribution in [3.63, 3.8) is 0 Å². The molecule has 3 rings (SSSR count). The third-order valence-corrected chi connectivity index (χ3v) is 8.26. The van der Waals surface area contributed by atoms with E-state index in [2.05, 4.69) is 0 Å². The number of ether oxygens (including phenoxy) is 6. The topological polar surface area (TPSA) is 83.1 Å². The van der Waals surface area contributed by atoms with Crippen molar-refractivity contribution in [3.8, 4) is 23.0 Å². The first-order chi connectivity index (χ1) is 17.2. The summed E-state index contributed by atoms with van der Waals surface area (Å²) in [7, 11) is 2.17. The van der Waals surface area contributed by atoms with E-state index in [1.807, 2.05) is 48.5 Å². The van der Waals surface area contributed by atoms with E-state index in [1.165, 1.54) is 0 Å². The van der Waals surface area contributed by atoms with Gasteiger partial charge in [0.15, 0.2) is 23.0 Å². The van der Waals surface area contributed by atoms with E-state index in [9.17, 15) is 0 Å². The minimum atomic E-state index is -2.65. The van der Waals surface area contributed by atoms with Crippen LogP contribution in [-0.2, 0) is 22.8 Å². The number of rotatable bonds is 8. The van der Waals surface area contributed by atoms with Gasteiger partial charge in [-0.3, -0.25) is 0 Å². The third-order valence-electron chi connectivity index (χ3n) is 5.43. The van der Waals surface area contributed by atoms with Crippen molar-refractivity contribution in [2.75, 3.05) is 67.6 Å². The van der Waals surface area contributed by atoms with Crippen LogP contribution < -0.4 is 18.9 Å². The van der Waals surface area contributed by atoms with Crippen LogP contribution in [0, 0.1) is 0 Å². The maximum Gasteiger partial charge on any atom is 0.500 e. The Balaban J connectivity index is 1.67. The zero-order chi connectivity index (χ0) is 24.8. The second-order valence-corrected chi connectivity index (χ2v) is 10.8. The molecule has 194 valence electrons. The number of para-hydroxylation sites is 4. The summed E-state index contributed by atoms with van der Waals surface area (Å²) in [5.74, 6) is 2.59. The molecule has 0 saturated carbocycles. The Morgan fingerprint density at radius 1 is 0.686 bits per heavy atom. The van der Waals surface area contributed by atoms with Gasteiger partial charge in [0.2, 0.25) is 0 Å². The smallest absolute Gasteiger partial charge is 0.487 e. The van der Waals surface area contributed by atoms with Crippen molar-refractivity contribution < 1.29 is 41.7 Å². The zero-order valence-corrected chi connectivity index (χ0v) is 21.7. The quantitative estimate of drug-likeness (QED) is 0.392. The van der Waals surface area contributed by atoms with Crippen LogP contribution >= 0.6 is 0 Å². The SMILES string of the molecule is CO[Si](CCCOC1COc2ccccc2OCCOCCOc2ccccc2OC1)(OC)OC. The van der Waals surface area contributed by atoms with Crippen molar-refractivity contribution >= 4 is 8.80 Å². The Labute approximate surface area is 208 Å². The molecular formula is C25H36O9Si. The number of fused-ring (bicyclic) bond motifs is 2. The van der Waals surface area contributed by atoms with E-state index >= 15 is 0 Å². The summed E-state index contributed by atoms with van der Waals surface area (Å²) < 4.78 is 52.1. The lowest BCUT2D eigenvalue weighted by atomic mass is 10.3. The molecule has 35 heavy (non-hydrogen) atoms. The molecule has 0 fully saturated rings. The third kappa shape index (κ3) is 8.67. The highest BCUT2D eigenvalue weighted by Gasteiger charge is 2.37. The first kappa shape index (κ1) is 27.2. The van der Waals surface area contributed by atoms with Crippen LogP contribution in [0.2, 0.25) is 6.04 Å². The molecule has 1 aliphatic rings. The molecule has 1 heterocycles. The molecule has 2 aromatic rings. The molecule has 0 N–H and O–H groups in total. The normalized spacial score (nSPS) is 16.1. The second kappa shape index (κ2) is 14.9. The van der Waals surface area contributed by atoms with E-state index in [0.717, 1.165) is 0 Å². The molecule has 10 heteroatoms. The second-order valence-electron chi connectivity index (χ2n) is 7.72. The molecule has 0 atom stereocenters. The maximum atomic E-state index is 6.15. The van der Waals surface area contributed by atoms with Gasteiger partial charge in [0, 0.05) is 34.0 Å². The predicted octanol–water partition coefficient (Wildman–Crippen LogP) is 3.59. The van der Waals surface area contributed by atoms with Gasteiger partial charge >= 0.3 is 8.80 Å². The Bertz CT molecular complexity index is 799. The van der Waals surface area contributed by atoms with Crippen LogP contribution in [0.5, 0.6) is 23.0 Å². The fraction of sp³-hybridized carbons (Fsp3) is 0.520. The van der Waals surface area contributed by atoms with Crippen molar-refractivity contribution in [3.05, 3.63) is 48.5 Å². The first-order valence-electron chi connectivity index (χ1n) is 11.7. The Morgan fingerprint density at radius 2 is 1.14 bits per heavy atom. The molecule has 0 bridgehead atoms. The standard InChI is InChI=1S/C25H36O9Si/c1-26-35(27-2,28-3)18-8-13-30-21-19-33-24-11-6-4-9-22(24)31-16-14-29-15-17-32-23-10-5-7-12-25(23)34-20-21/h4-7,9-12,21H,8,13-20H2,1-3H3. The summed E-state index contributed by atoms with van der Waals surface area (Å²) in [5.41, 5.74) is 0. The molecule has 9 nitrogen and oxygen atoms in total. The van der Waals surface area contributed by atoms with Crippen LogP contribution in [0.15, 0.2) is 48.5 Å². The summed E-state index contributed by atoms with van der Waals surface area (Å²) in [6.45, 7) is 2.72. The van der Waals surface area contributed by atoms with Gasteiger partial charge in [-0.15, -0.1) is 0 Å². The average Bonchev–Trinajstić information content (AvgIpc) is 2.90. The molecule has 0 unspecified atom stereocenters. The molecule has 0 saturated heterocycles. The lowest BCUT2D eigenvalue weighted by molar-refractivity contribution is -0.0101. The van der Waals surface area contributed by atoms with Crippen molar-refractivity contribution in [1.29, 1.82) is 0 Å². The monoisotopic (exact) mass is 508 g/mol. The lowest BCUT2D eigenvalue weighted by Gasteiger charge is -2.25. The predicted molar refractivity (Wildman–Crippen MR) is 132 cm³/mol. The van der Waals surface area contributed by atoms with Crippen LogP contribution in [-0.4, -0.2) is 82.5 Å². The maximum absolute atomic E-state index is 6.15. The highest BCUT2D eigenvalue weighted by Crippen LogP contribution is 2.28. The van der Waals surface area contributed by atoms with Gasteiger partial charge in [-0.25, -0.2) is 0 Å². The Morgan fingerprint density at radius 3 is 1.60 bits per heavy atom. The fourth-order valence-corrected chi connectivity index (χ4v) is 5.19. The van der Waals surface area contributed by atoms with E-state index in [-0.39, 0.29) is 19.3 Å². The average molecular weight is 509 g/mol. The Kier molecular flexibility index (Phi) is 11.6. The molecular weight excluding hydrogens is 472 g/mol. The number of benzene rings is 2. The largest absolute Gasteiger partial charge is 0.500 e. The molecule has 0 radical (unpaired) electrons. The molecule has 0 spiro atoms. The summed E-state index contributed by atoms with van der Waals surface area (Å²) >= 11 is 0. The molecule has 2 aromatic carbocycles. The summed E-state index contributed by atoms with van der Waals surface area (Å²) in [6.07, 6.45) is 0.369. The molecule has 0 aliphatic carbocycles. The highest BCUT2D eigenvalue weighted by molar-refractivity contribution is 6.60. The van der Waals surface area contributed by atoms with Gasteiger partial charge in [0.1, 0.15) is 32.5 Å². The number of hydrogen-bond donors (Lipinski definition) is 0. The van der Waals surface area contributed by atoms with Crippen molar-refractivity contribution in [2.24, 2.45) is 0 Å². The highest BCUT2D eigenvalue weighted by atomic mass is 28.4. The Hall–Kier alpha value is -2.34. The fourth-order valence-electron chi connectivity index (χ4n) is 3.51. The van der Waals surface area contributed by atoms with Crippen LogP contribution in [0.4, 0.5) is 0 Å². The van der Waals surface area contributed by atoms with Gasteiger partial charge in [-0.1, -0.05) is 24.3 Å². The van der Waals surface area contributed by atoms with E-state index in [1.54, 1.807) is 21.3 Å². The summed E-state index contributed by atoms with van der Waals surface area (Å²) in [5, 5.41) is 0. The van der Waals surface area contributed by atoms with Crippen LogP contribution in [0.25, 0.3) is 0 Å². The van der Waals surface area contributed by atoms with Gasteiger partial charge in [-0.2, -0.15) is 0 Å². The van der Waals surface area contributed by atoms with Gasteiger partial charge in [-0.05, 0) is 30.7 Å². The van der Waals surface area contributed by atoms with Gasteiger partial charge < -0.3 is 41.7 Å². The lowest BCUT2D eigenvalue weighted by Crippen LogP contribution is -2.43. The van der Waals surface area contributed by atoms with E-state index in [0.29, 0.717) is 68.5 Å². The summed E-state index contributed by atoms with van der Waals surface area (Å²) in [4.78, 5) is 0. The van der Waals surface area contributed by atoms with Crippen molar-refractivity contribution in [1.82, 2.24) is 0 Å². The number of hydrogen-bond acceptors (Lipinski definition) is 9. The van der Waals surface area contributed by atoms with Crippen LogP contribution in [0.3, 0.4) is 0 Å². The minimum absolute atomic E-state index is 0.279. The molecule has 1 aliphatic heterocycles. The van der Waals surface area contributed by atoms with E-state index in [4.69, 9.17) is 41.7 Å². The summed E-state index contributed by atoms with van der Waals surface area (Å²) in [6, 6.07) is 15.7. The van der Waals surface area contributed by atoms with Gasteiger partial charge in [0.05, 0.1) is 13.2 Å².